The smallest absolute Gasteiger partial charge is 0.295 e. The maximum absolute atomic E-state index is 13.9. The minimum Gasteiger partial charge on any atom is -0.494 e. The third-order valence-electron chi connectivity index (χ3n) is 7.30. The van der Waals surface area contributed by atoms with Crippen LogP contribution in [0.25, 0.3) is 11.0 Å². The van der Waals surface area contributed by atoms with Crippen molar-refractivity contribution in [2.24, 2.45) is 0 Å². The predicted octanol–water partition coefficient (Wildman–Crippen LogP) is 7.29. The summed E-state index contributed by atoms with van der Waals surface area (Å²) in [4.78, 5) is 29.5. The van der Waals surface area contributed by atoms with E-state index in [1.54, 1.807) is 4.90 Å². The van der Waals surface area contributed by atoms with E-state index in [-0.39, 0.29) is 17.1 Å². The average Bonchev–Trinajstić information content (AvgIpc) is 3.20. The molecule has 0 aliphatic carbocycles. The molecule has 5 heteroatoms. The number of carbonyl (C=O) groups excluding carboxylic acids is 1. The van der Waals surface area contributed by atoms with Gasteiger partial charge in [-0.15, -0.1) is 0 Å². The van der Waals surface area contributed by atoms with Crippen LogP contribution < -0.4 is 15.1 Å². The fourth-order valence-corrected chi connectivity index (χ4v) is 5.02. The standard InChI is InChI=1S/C32H33NO4/c1-5-7-8-16-36-25-11-9-10-23(19-25)29-28-30(34)26-17-20(3)21(4)18-27(26)37-31(28)32(35)33(29)24-14-12-22(6-2)13-15-24/h9-15,17-19,29H,5-8,16H2,1-4H3. The Bertz CT molecular complexity index is 1520. The van der Waals surface area contributed by atoms with E-state index < -0.39 is 6.04 Å². The van der Waals surface area contributed by atoms with Crippen molar-refractivity contribution in [1.82, 2.24) is 0 Å². The molecule has 0 saturated carbocycles. The maximum Gasteiger partial charge on any atom is 0.295 e. The number of nitrogens with zero attached hydrogens (tertiary/aromatic N) is 1. The van der Waals surface area contributed by atoms with Gasteiger partial charge >= 0.3 is 0 Å². The maximum atomic E-state index is 13.9. The molecule has 0 N–H and O–H groups in total. The number of benzene rings is 3. The molecule has 1 amide bonds. The summed E-state index contributed by atoms with van der Waals surface area (Å²) in [5.74, 6) is 0.530. The normalized spacial score (nSPS) is 14.9. The van der Waals surface area contributed by atoms with Crippen molar-refractivity contribution in [2.45, 2.75) is 59.4 Å². The number of rotatable bonds is 8. The zero-order valence-corrected chi connectivity index (χ0v) is 22.0. The van der Waals surface area contributed by atoms with Gasteiger partial charge in [-0.1, -0.05) is 51.0 Å². The Morgan fingerprint density at radius 3 is 2.41 bits per heavy atom. The third-order valence-corrected chi connectivity index (χ3v) is 7.30. The molecular weight excluding hydrogens is 462 g/mol. The molecule has 37 heavy (non-hydrogen) atoms. The second-order valence-electron chi connectivity index (χ2n) is 9.83. The summed E-state index contributed by atoms with van der Waals surface area (Å²) in [6.07, 6.45) is 4.12. The number of carbonyl (C=O) groups is 1. The number of hydrogen-bond donors (Lipinski definition) is 0. The molecular formula is C32H33NO4. The highest BCUT2D eigenvalue weighted by Crippen LogP contribution is 2.42. The molecule has 3 aromatic carbocycles. The molecule has 1 aliphatic heterocycles. The fraction of sp³-hybridized carbons (Fsp3) is 0.312. The summed E-state index contributed by atoms with van der Waals surface area (Å²) in [5, 5.41) is 0.495. The van der Waals surface area contributed by atoms with Gasteiger partial charge in [0.05, 0.1) is 23.6 Å². The second kappa shape index (κ2) is 10.3. The Hall–Kier alpha value is -3.86. The molecule has 1 aliphatic rings. The summed E-state index contributed by atoms with van der Waals surface area (Å²) in [6.45, 7) is 8.84. The van der Waals surface area contributed by atoms with Crippen LogP contribution in [0.5, 0.6) is 5.75 Å². The molecule has 190 valence electrons. The highest BCUT2D eigenvalue weighted by molar-refractivity contribution is 6.10. The van der Waals surface area contributed by atoms with E-state index in [1.807, 2.05) is 74.5 Å². The summed E-state index contributed by atoms with van der Waals surface area (Å²) in [5.41, 5.74) is 5.39. The van der Waals surface area contributed by atoms with Crippen molar-refractivity contribution in [1.29, 1.82) is 0 Å². The minimum atomic E-state index is -0.614. The minimum absolute atomic E-state index is 0.111. The van der Waals surface area contributed by atoms with Crippen LogP contribution in [-0.4, -0.2) is 12.5 Å². The quantitative estimate of drug-likeness (QED) is 0.241. The summed E-state index contributed by atoms with van der Waals surface area (Å²) >= 11 is 0. The van der Waals surface area contributed by atoms with Crippen LogP contribution in [0.2, 0.25) is 0 Å². The molecule has 0 bridgehead atoms. The van der Waals surface area contributed by atoms with Gasteiger partial charge in [0.2, 0.25) is 5.76 Å². The Labute approximate surface area is 217 Å². The van der Waals surface area contributed by atoms with Gasteiger partial charge in [-0.3, -0.25) is 14.5 Å². The molecule has 0 spiro atoms. The lowest BCUT2D eigenvalue weighted by molar-refractivity contribution is 0.0971. The molecule has 2 heterocycles. The van der Waals surface area contributed by atoms with Gasteiger partial charge in [0.25, 0.3) is 5.91 Å². The van der Waals surface area contributed by atoms with E-state index >= 15 is 0 Å². The summed E-state index contributed by atoms with van der Waals surface area (Å²) in [6, 6.07) is 18.8. The first-order valence-corrected chi connectivity index (χ1v) is 13.2. The van der Waals surface area contributed by atoms with E-state index in [9.17, 15) is 9.59 Å². The van der Waals surface area contributed by atoms with Gasteiger partial charge in [-0.25, -0.2) is 0 Å². The molecule has 4 aromatic rings. The Balaban J connectivity index is 1.67. The van der Waals surface area contributed by atoms with Crippen LogP contribution >= 0.6 is 0 Å². The zero-order chi connectivity index (χ0) is 26.1. The van der Waals surface area contributed by atoms with Gasteiger partial charge in [0.15, 0.2) is 5.43 Å². The first kappa shape index (κ1) is 24.8. The van der Waals surface area contributed by atoms with E-state index in [4.69, 9.17) is 9.15 Å². The summed E-state index contributed by atoms with van der Waals surface area (Å²) in [7, 11) is 0. The number of hydrogen-bond acceptors (Lipinski definition) is 4. The number of unbranched alkanes of at least 4 members (excludes halogenated alkanes) is 2. The SMILES string of the molecule is CCCCCOc1cccc(C2c3c(oc4cc(C)c(C)cc4c3=O)C(=O)N2c2ccc(CC)cc2)c1. The van der Waals surface area contributed by atoms with Crippen molar-refractivity contribution >= 4 is 22.6 Å². The Morgan fingerprint density at radius 2 is 1.68 bits per heavy atom. The van der Waals surface area contributed by atoms with Crippen molar-refractivity contribution in [2.75, 3.05) is 11.5 Å². The van der Waals surface area contributed by atoms with Crippen molar-refractivity contribution < 1.29 is 13.9 Å². The van der Waals surface area contributed by atoms with Crippen LogP contribution in [0.3, 0.4) is 0 Å². The summed E-state index contributed by atoms with van der Waals surface area (Å²) < 4.78 is 12.2. The van der Waals surface area contributed by atoms with E-state index in [2.05, 4.69) is 13.8 Å². The van der Waals surface area contributed by atoms with Gasteiger partial charge in [-0.05, 0) is 85.3 Å². The molecule has 5 nitrogen and oxygen atoms in total. The van der Waals surface area contributed by atoms with E-state index in [0.29, 0.717) is 23.1 Å². The van der Waals surface area contributed by atoms with E-state index in [1.165, 1.54) is 5.56 Å². The fourth-order valence-electron chi connectivity index (χ4n) is 5.02. The van der Waals surface area contributed by atoms with Crippen LogP contribution in [0, 0.1) is 13.8 Å². The average molecular weight is 496 g/mol. The van der Waals surface area contributed by atoms with Crippen molar-refractivity contribution in [3.63, 3.8) is 0 Å². The molecule has 1 unspecified atom stereocenters. The molecule has 1 atom stereocenters. The highest BCUT2D eigenvalue weighted by atomic mass is 16.5. The lowest BCUT2D eigenvalue weighted by atomic mass is 9.97. The molecule has 0 fully saturated rings. The van der Waals surface area contributed by atoms with Crippen molar-refractivity contribution in [3.8, 4) is 5.75 Å². The number of anilines is 1. The Morgan fingerprint density at radius 1 is 0.919 bits per heavy atom. The number of amides is 1. The largest absolute Gasteiger partial charge is 0.494 e. The van der Waals surface area contributed by atoms with Gasteiger partial charge in [0.1, 0.15) is 11.3 Å². The third kappa shape index (κ3) is 4.55. The lowest BCUT2D eigenvalue weighted by Gasteiger charge is -2.25. The van der Waals surface area contributed by atoms with Crippen molar-refractivity contribution in [3.05, 3.63) is 104 Å². The second-order valence-corrected chi connectivity index (χ2v) is 9.83. The van der Waals surface area contributed by atoms with Gasteiger partial charge in [0, 0.05) is 5.69 Å². The predicted molar refractivity (Wildman–Crippen MR) is 148 cm³/mol. The van der Waals surface area contributed by atoms with Crippen LogP contribution in [0.15, 0.2) is 69.9 Å². The zero-order valence-electron chi connectivity index (χ0n) is 22.0. The number of aryl methyl sites for hydroxylation is 3. The monoisotopic (exact) mass is 495 g/mol. The van der Waals surface area contributed by atoms with Crippen LogP contribution in [0.4, 0.5) is 5.69 Å². The molecule has 0 radical (unpaired) electrons. The Kier molecular flexibility index (Phi) is 6.88. The van der Waals surface area contributed by atoms with Crippen LogP contribution in [0.1, 0.15) is 77.5 Å². The van der Waals surface area contributed by atoms with Gasteiger partial charge < -0.3 is 9.15 Å². The van der Waals surface area contributed by atoms with Crippen LogP contribution in [-0.2, 0) is 6.42 Å². The van der Waals surface area contributed by atoms with E-state index in [0.717, 1.165) is 53.8 Å². The number of ether oxygens (including phenoxy) is 1. The van der Waals surface area contributed by atoms with Gasteiger partial charge in [-0.2, -0.15) is 0 Å². The molecule has 5 rings (SSSR count). The highest BCUT2D eigenvalue weighted by Gasteiger charge is 2.43. The number of fused-ring (bicyclic) bond motifs is 2. The lowest BCUT2D eigenvalue weighted by Crippen LogP contribution is -2.29. The molecule has 0 saturated heterocycles. The molecule has 1 aromatic heterocycles. The topological polar surface area (TPSA) is 59.8 Å². The first-order valence-electron chi connectivity index (χ1n) is 13.2. The first-order chi connectivity index (χ1) is 17.9.